The molecule has 0 fully saturated rings. The van der Waals surface area contributed by atoms with Crippen LogP contribution in [0.4, 0.5) is 5.00 Å². The molecule has 0 amide bonds. The second-order valence-electron chi connectivity index (χ2n) is 6.18. The van der Waals surface area contributed by atoms with Gasteiger partial charge in [0.25, 0.3) is 10.0 Å². The molecule has 0 saturated carbocycles. The fourth-order valence-electron chi connectivity index (χ4n) is 3.03. The van der Waals surface area contributed by atoms with Crippen LogP contribution >= 0.6 is 11.3 Å². The van der Waals surface area contributed by atoms with Gasteiger partial charge >= 0.3 is 5.97 Å². The summed E-state index contributed by atoms with van der Waals surface area (Å²) in [7, 11) is -2.43. The molecule has 1 N–H and O–H groups in total. The maximum absolute atomic E-state index is 12.7. The Kier molecular flexibility index (Phi) is 5.15. The Morgan fingerprint density at radius 3 is 2.48 bits per heavy atom. The molecule has 1 aliphatic rings. The second-order valence-corrected chi connectivity index (χ2v) is 8.97. The van der Waals surface area contributed by atoms with Crippen molar-refractivity contribution in [3.8, 4) is 0 Å². The van der Waals surface area contributed by atoms with E-state index in [1.54, 1.807) is 24.3 Å². The average molecular weight is 380 g/mol. The number of hydrogen-bond acceptors (Lipinski definition) is 5. The summed E-state index contributed by atoms with van der Waals surface area (Å²) in [4.78, 5) is 13.6. The predicted octanol–water partition coefficient (Wildman–Crippen LogP) is 3.91. The molecule has 7 heteroatoms. The molecule has 2 aromatic rings. The van der Waals surface area contributed by atoms with E-state index in [4.69, 9.17) is 4.74 Å². The highest BCUT2D eigenvalue weighted by Crippen LogP contribution is 2.38. The molecule has 0 atom stereocenters. The van der Waals surface area contributed by atoms with Gasteiger partial charge in [0.05, 0.1) is 17.6 Å². The van der Waals surface area contributed by atoms with E-state index in [-0.39, 0.29) is 4.90 Å². The first-order chi connectivity index (χ1) is 11.9. The number of ether oxygens (including phenoxy) is 1. The van der Waals surface area contributed by atoms with Gasteiger partial charge in [0.2, 0.25) is 0 Å². The maximum atomic E-state index is 12.7. The lowest BCUT2D eigenvalue weighted by molar-refractivity contribution is 0.0601. The lowest BCUT2D eigenvalue weighted by atomic mass is 10.1. The van der Waals surface area contributed by atoms with E-state index in [9.17, 15) is 13.2 Å². The molecule has 0 spiro atoms. The number of carbonyl (C=O) groups excluding carboxylic acids is 1. The van der Waals surface area contributed by atoms with Crippen LogP contribution in [-0.4, -0.2) is 21.5 Å². The van der Waals surface area contributed by atoms with E-state index >= 15 is 0 Å². The Morgan fingerprint density at radius 1 is 1.12 bits per heavy atom. The number of nitrogens with one attached hydrogen (secondary N) is 1. The minimum absolute atomic E-state index is 0.178. The first-order valence-corrected chi connectivity index (χ1v) is 10.5. The Bertz CT molecular complexity index is 883. The van der Waals surface area contributed by atoms with Crippen LogP contribution in [0.25, 0.3) is 0 Å². The Labute approximate surface area is 152 Å². The lowest BCUT2D eigenvalue weighted by Gasteiger charge is -2.09. The van der Waals surface area contributed by atoms with Crippen molar-refractivity contribution in [2.75, 3.05) is 11.8 Å². The molecule has 1 aromatic carbocycles. The van der Waals surface area contributed by atoms with Crippen molar-refractivity contribution in [1.29, 1.82) is 0 Å². The SMILES string of the molecule is COC(=O)c1c(NS(=O)(=O)c2ccc(C)cc2)sc2c1CCCCC2. The summed E-state index contributed by atoms with van der Waals surface area (Å²) in [6.45, 7) is 1.90. The van der Waals surface area contributed by atoms with Crippen molar-refractivity contribution >= 4 is 32.3 Å². The molecule has 1 aromatic heterocycles. The van der Waals surface area contributed by atoms with Crippen LogP contribution in [0, 0.1) is 6.92 Å². The van der Waals surface area contributed by atoms with Gasteiger partial charge in [-0.05, 0) is 50.3 Å². The number of esters is 1. The van der Waals surface area contributed by atoms with Crippen molar-refractivity contribution in [3.05, 3.63) is 45.8 Å². The topological polar surface area (TPSA) is 72.5 Å². The van der Waals surface area contributed by atoms with Crippen molar-refractivity contribution in [2.24, 2.45) is 0 Å². The number of anilines is 1. The zero-order chi connectivity index (χ0) is 18.0. The highest BCUT2D eigenvalue weighted by atomic mass is 32.2. The fraction of sp³-hybridized carbons (Fsp3) is 0.389. The third kappa shape index (κ3) is 3.72. The predicted molar refractivity (Wildman–Crippen MR) is 98.9 cm³/mol. The largest absolute Gasteiger partial charge is 0.465 e. The maximum Gasteiger partial charge on any atom is 0.341 e. The smallest absolute Gasteiger partial charge is 0.341 e. The number of hydrogen-bond donors (Lipinski definition) is 1. The summed E-state index contributed by atoms with van der Waals surface area (Å²) in [5, 5.41) is 0.360. The molecule has 134 valence electrons. The molecule has 0 saturated heterocycles. The van der Waals surface area contributed by atoms with E-state index < -0.39 is 16.0 Å². The minimum atomic E-state index is -3.75. The molecular formula is C18H21NO4S2. The third-order valence-electron chi connectivity index (χ3n) is 4.37. The lowest BCUT2D eigenvalue weighted by Crippen LogP contribution is -2.15. The van der Waals surface area contributed by atoms with E-state index in [2.05, 4.69) is 4.72 Å². The number of fused-ring (bicyclic) bond motifs is 1. The number of thiophene rings is 1. The van der Waals surface area contributed by atoms with E-state index in [1.165, 1.54) is 18.4 Å². The molecule has 1 aliphatic carbocycles. The number of aryl methyl sites for hydroxylation is 2. The summed E-state index contributed by atoms with van der Waals surface area (Å²) in [5.74, 6) is -0.485. The van der Waals surface area contributed by atoms with Crippen molar-refractivity contribution in [1.82, 2.24) is 0 Å². The standard InChI is InChI=1S/C18H21NO4S2/c1-12-8-10-13(11-9-12)25(21,22)19-17-16(18(20)23-2)14-6-4-3-5-7-15(14)24-17/h8-11,19H,3-7H2,1-2H3. The number of benzene rings is 1. The highest BCUT2D eigenvalue weighted by molar-refractivity contribution is 7.93. The van der Waals surface area contributed by atoms with Gasteiger partial charge in [-0.15, -0.1) is 11.3 Å². The minimum Gasteiger partial charge on any atom is -0.465 e. The van der Waals surface area contributed by atoms with Crippen LogP contribution in [0.1, 0.15) is 45.6 Å². The van der Waals surface area contributed by atoms with Gasteiger partial charge in [-0.25, -0.2) is 13.2 Å². The molecule has 3 rings (SSSR count). The van der Waals surface area contributed by atoms with Gasteiger partial charge in [0, 0.05) is 4.88 Å². The average Bonchev–Trinajstić information content (AvgIpc) is 2.75. The van der Waals surface area contributed by atoms with Crippen LogP contribution in [0.5, 0.6) is 0 Å². The monoisotopic (exact) mass is 379 g/mol. The Hall–Kier alpha value is -1.86. The van der Waals surface area contributed by atoms with Gasteiger partial charge in [-0.2, -0.15) is 0 Å². The van der Waals surface area contributed by atoms with Crippen molar-refractivity contribution in [2.45, 2.75) is 43.9 Å². The van der Waals surface area contributed by atoms with Crippen LogP contribution in [0.3, 0.4) is 0 Å². The number of methoxy groups -OCH3 is 1. The molecule has 0 unspecified atom stereocenters. The zero-order valence-electron chi connectivity index (χ0n) is 14.3. The first kappa shape index (κ1) is 17.9. The molecule has 0 bridgehead atoms. The van der Waals surface area contributed by atoms with E-state index in [0.29, 0.717) is 10.6 Å². The van der Waals surface area contributed by atoms with Crippen molar-refractivity contribution < 1.29 is 17.9 Å². The Balaban J connectivity index is 2.02. The fourth-order valence-corrected chi connectivity index (χ4v) is 5.61. The van der Waals surface area contributed by atoms with E-state index in [1.807, 2.05) is 6.92 Å². The Morgan fingerprint density at radius 2 is 1.80 bits per heavy atom. The highest BCUT2D eigenvalue weighted by Gasteiger charge is 2.28. The molecule has 1 heterocycles. The van der Waals surface area contributed by atoms with E-state index in [0.717, 1.165) is 48.1 Å². The molecule has 0 aliphatic heterocycles. The van der Waals surface area contributed by atoms with Crippen LogP contribution in [-0.2, 0) is 27.6 Å². The first-order valence-electron chi connectivity index (χ1n) is 8.24. The summed E-state index contributed by atoms with van der Waals surface area (Å²) in [6, 6.07) is 6.63. The van der Waals surface area contributed by atoms with Gasteiger partial charge in [-0.1, -0.05) is 24.1 Å². The van der Waals surface area contributed by atoms with Gasteiger partial charge in [0.15, 0.2) is 0 Å². The summed E-state index contributed by atoms with van der Waals surface area (Å²) < 4.78 is 32.9. The quantitative estimate of drug-likeness (QED) is 0.646. The number of sulfonamides is 1. The molecule has 0 radical (unpaired) electrons. The van der Waals surface area contributed by atoms with Crippen LogP contribution in [0.2, 0.25) is 0 Å². The second kappa shape index (κ2) is 7.17. The zero-order valence-corrected chi connectivity index (χ0v) is 15.9. The number of rotatable bonds is 4. The van der Waals surface area contributed by atoms with Crippen LogP contribution in [0.15, 0.2) is 29.2 Å². The van der Waals surface area contributed by atoms with Gasteiger partial charge in [0.1, 0.15) is 5.00 Å². The van der Waals surface area contributed by atoms with Crippen molar-refractivity contribution in [3.63, 3.8) is 0 Å². The number of carbonyl (C=O) groups is 1. The molecular weight excluding hydrogens is 358 g/mol. The molecule has 25 heavy (non-hydrogen) atoms. The summed E-state index contributed by atoms with van der Waals surface area (Å²) in [5.41, 5.74) is 2.30. The van der Waals surface area contributed by atoms with Gasteiger partial charge < -0.3 is 4.74 Å². The normalized spacial score (nSPS) is 14.5. The third-order valence-corrected chi connectivity index (χ3v) is 7.07. The molecule has 5 nitrogen and oxygen atoms in total. The summed E-state index contributed by atoms with van der Waals surface area (Å²) >= 11 is 1.35. The summed E-state index contributed by atoms with van der Waals surface area (Å²) in [6.07, 6.45) is 4.82. The van der Waals surface area contributed by atoms with Crippen LogP contribution < -0.4 is 4.72 Å². The van der Waals surface area contributed by atoms with Gasteiger partial charge in [-0.3, -0.25) is 4.72 Å².